The number of hydrogen-bond acceptors (Lipinski definition) is 5. The average Bonchev–Trinajstić information content (AvgIpc) is 3.35. The topological polar surface area (TPSA) is 59.2 Å². The van der Waals surface area contributed by atoms with E-state index in [1.54, 1.807) is 11.3 Å². The van der Waals surface area contributed by atoms with E-state index < -0.39 is 0 Å². The second kappa shape index (κ2) is 7.41. The van der Waals surface area contributed by atoms with Crippen LogP contribution in [-0.2, 0) is 17.6 Å². The van der Waals surface area contributed by atoms with Gasteiger partial charge in [0.1, 0.15) is 0 Å². The highest BCUT2D eigenvalue weighted by Crippen LogP contribution is 2.27. The fourth-order valence-corrected chi connectivity index (χ4v) is 4.06. The Morgan fingerprint density at radius 1 is 1.31 bits per heavy atom. The van der Waals surface area contributed by atoms with Crippen LogP contribution in [0.3, 0.4) is 0 Å². The van der Waals surface area contributed by atoms with E-state index in [9.17, 15) is 4.79 Å². The Hall–Kier alpha value is -2.47. The molecule has 1 aliphatic rings. The first-order valence-corrected chi connectivity index (χ1v) is 9.73. The molecule has 26 heavy (non-hydrogen) atoms. The predicted octanol–water partition coefficient (Wildman–Crippen LogP) is 3.59. The van der Waals surface area contributed by atoms with Gasteiger partial charge in [-0.1, -0.05) is 41.1 Å². The van der Waals surface area contributed by atoms with Gasteiger partial charge in [0, 0.05) is 30.3 Å². The fraction of sp³-hybridized carbons (Fsp3) is 0.350. The van der Waals surface area contributed by atoms with Crippen LogP contribution in [-0.4, -0.2) is 34.0 Å². The van der Waals surface area contributed by atoms with Gasteiger partial charge >= 0.3 is 0 Å². The Kier molecular flexibility index (Phi) is 4.84. The maximum Gasteiger partial charge on any atom is 0.231 e. The van der Waals surface area contributed by atoms with Crippen LogP contribution < -0.4 is 0 Å². The zero-order valence-electron chi connectivity index (χ0n) is 14.7. The summed E-state index contributed by atoms with van der Waals surface area (Å²) in [6, 6.07) is 12.5. The Bertz CT molecular complexity index is 888. The summed E-state index contributed by atoms with van der Waals surface area (Å²) < 4.78 is 5.38. The van der Waals surface area contributed by atoms with Gasteiger partial charge in [0.05, 0.1) is 6.42 Å². The summed E-state index contributed by atoms with van der Waals surface area (Å²) in [7, 11) is 0. The third-order valence-corrected chi connectivity index (χ3v) is 5.60. The molecular formula is C20H21N3O2S. The molecule has 0 saturated carbocycles. The number of carbonyl (C=O) groups is 1. The molecule has 1 atom stereocenters. The van der Waals surface area contributed by atoms with Gasteiger partial charge in [0.2, 0.25) is 11.8 Å². The number of benzene rings is 1. The number of hydrogen-bond donors (Lipinski definition) is 0. The van der Waals surface area contributed by atoms with E-state index in [1.807, 2.05) is 16.3 Å². The highest BCUT2D eigenvalue weighted by molar-refractivity contribution is 7.09. The first-order chi connectivity index (χ1) is 12.7. The van der Waals surface area contributed by atoms with Crippen molar-refractivity contribution in [3.63, 3.8) is 0 Å². The monoisotopic (exact) mass is 367 g/mol. The Labute approximate surface area is 156 Å². The normalized spacial score (nSPS) is 17.2. The zero-order valence-corrected chi connectivity index (χ0v) is 15.5. The van der Waals surface area contributed by atoms with Crippen LogP contribution in [0.5, 0.6) is 0 Å². The first kappa shape index (κ1) is 17.0. The molecule has 1 unspecified atom stereocenters. The molecule has 0 aliphatic carbocycles. The van der Waals surface area contributed by atoms with Crippen molar-refractivity contribution in [1.29, 1.82) is 0 Å². The Morgan fingerprint density at radius 3 is 3.04 bits per heavy atom. The predicted molar refractivity (Wildman–Crippen MR) is 100 cm³/mol. The number of aromatic nitrogens is 2. The van der Waals surface area contributed by atoms with E-state index in [4.69, 9.17) is 4.52 Å². The van der Waals surface area contributed by atoms with Crippen molar-refractivity contribution < 1.29 is 9.32 Å². The van der Waals surface area contributed by atoms with Crippen LogP contribution in [0.15, 0.2) is 46.3 Å². The van der Waals surface area contributed by atoms with E-state index in [0.717, 1.165) is 13.0 Å². The standard InChI is InChI=1S/C20H21N3O2S/c1-14-4-2-5-15(10-14)7-8-23-13-16(11-19(23)24)20-21-18(25-22-20)12-17-6-3-9-26-17/h2-6,9-10,16H,7-8,11-13H2,1H3. The molecule has 0 N–H and O–H groups in total. The summed E-state index contributed by atoms with van der Waals surface area (Å²) >= 11 is 1.68. The third kappa shape index (κ3) is 3.85. The number of likely N-dealkylation sites (tertiary alicyclic amines) is 1. The highest BCUT2D eigenvalue weighted by Gasteiger charge is 2.33. The lowest BCUT2D eigenvalue weighted by Gasteiger charge is -2.16. The van der Waals surface area contributed by atoms with Crippen LogP contribution in [0.1, 0.15) is 40.1 Å². The minimum Gasteiger partial charge on any atom is -0.342 e. The van der Waals surface area contributed by atoms with Crippen molar-refractivity contribution >= 4 is 17.2 Å². The average molecular weight is 367 g/mol. The summed E-state index contributed by atoms with van der Waals surface area (Å²) in [6.45, 7) is 3.49. The van der Waals surface area contributed by atoms with E-state index in [2.05, 4.69) is 47.4 Å². The molecule has 0 bridgehead atoms. The van der Waals surface area contributed by atoms with Crippen molar-refractivity contribution in [2.75, 3.05) is 13.1 Å². The Balaban J connectivity index is 1.36. The van der Waals surface area contributed by atoms with Crippen molar-refractivity contribution in [3.8, 4) is 0 Å². The molecule has 2 aromatic heterocycles. The van der Waals surface area contributed by atoms with Gasteiger partial charge in [-0.05, 0) is 30.4 Å². The van der Waals surface area contributed by atoms with Gasteiger partial charge in [0.25, 0.3) is 0 Å². The molecule has 3 heterocycles. The molecule has 0 spiro atoms. The quantitative estimate of drug-likeness (QED) is 0.668. The van der Waals surface area contributed by atoms with Crippen LogP contribution in [0, 0.1) is 6.92 Å². The number of carbonyl (C=O) groups excluding carboxylic acids is 1. The number of nitrogens with zero attached hydrogens (tertiary/aromatic N) is 3. The largest absolute Gasteiger partial charge is 0.342 e. The van der Waals surface area contributed by atoms with E-state index in [-0.39, 0.29) is 11.8 Å². The summed E-state index contributed by atoms with van der Waals surface area (Å²) in [4.78, 5) is 20.0. The van der Waals surface area contributed by atoms with Crippen molar-refractivity contribution in [3.05, 3.63) is 69.5 Å². The van der Waals surface area contributed by atoms with Gasteiger partial charge in [-0.25, -0.2) is 0 Å². The maximum atomic E-state index is 12.4. The third-order valence-electron chi connectivity index (χ3n) is 4.72. The molecule has 3 aromatic rings. The Morgan fingerprint density at radius 2 is 2.23 bits per heavy atom. The lowest BCUT2D eigenvalue weighted by molar-refractivity contribution is -0.127. The van der Waals surface area contributed by atoms with E-state index in [0.29, 0.717) is 31.1 Å². The summed E-state index contributed by atoms with van der Waals surface area (Å²) in [5.41, 5.74) is 2.51. The van der Waals surface area contributed by atoms with Crippen LogP contribution >= 0.6 is 11.3 Å². The van der Waals surface area contributed by atoms with Crippen molar-refractivity contribution in [1.82, 2.24) is 15.0 Å². The van der Waals surface area contributed by atoms with Crippen LogP contribution in [0.4, 0.5) is 0 Å². The number of amides is 1. The number of thiophene rings is 1. The highest BCUT2D eigenvalue weighted by atomic mass is 32.1. The van der Waals surface area contributed by atoms with E-state index in [1.165, 1.54) is 16.0 Å². The SMILES string of the molecule is Cc1cccc(CCN2CC(c3noc(Cc4cccs4)n3)CC2=O)c1. The van der Waals surface area contributed by atoms with Crippen molar-refractivity contribution in [2.45, 2.75) is 32.1 Å². The molecular weight excluding hydrogens is 346 g/mol. The lowest BCUT2D eigenvalue weighted by atomic mass is 10.1. The zero-order chi connectivity index (χ0) is 17.9. The maximum absolute atomic E-state index is 12.4. The molecule has 4 rings (SSSR count). The van der Waals surface area contributed by atoms with E-state index >= 15 is 0 Å². The van der Waals surface area contributed by atoms with Crippen LogP contribution in [0.2, 0.25) is 0 Å². The molecule has 1 aliphatic heterocycles. The van der Waals surface area contributed by atoms with Gasteiger partial charge in [-0.3, -0.25) is 4.79 Å². The lowest BCUT2D eigenvalue weighted by Crippen LogP contribution is -2.27. The molecule has 1 aromatic carbocycles. The molecule has 6 heteroatoms. The van der Waals surface area contributed by atoms with Gasteiger partial charge in [-0.15, -0.1) is 11.3 Å². The number of aryl methyl sites for hydroxylation is 1. The molecule has 5 nitrogen and oxygen atoms in total. The number of rotatable bonds is 6. The van der Waals surface area contributed by atoms with Gasteiger partial charge < -0.3 is 9.42 Å². The van der Waals surface area contributed by atoms with Gasteiger partial charge in [0.15, 0.2) is 5.82 Å². The second-order valence-corrected chi connectivity index (χ2v) is 7.81. The molecule has 134 valence electrons. The minimum atomic E-state index is 0.0286. The smallest absolute Gasteiger partial charge is 0.231 e. The molecule has 1 fully saturated rings. The van der Waals surface area contributed by atoms with Crippen LogP contribution in [0.25, 0.3) is 0 Å². The molecule has 0 radical (unpaired) electrons. The molecule has 1 amide bonds. The summed E-state index contributed by atoms with van der Waals surface area (Å²) in [5, 5.41) is 6.15. The first-order valence-electron chi connectivity index (χ1n) is 8.85. The van der Waals surface area contributed by atoms with Gasteiger partial charge in [-0.2, -0.15) is 4.98 Å². The van der Waals surface area contributed by atoms with Crippen molar-refractivity contribution in [2.24, 2.45) is 0 Å². The fourth-order valence-electron chi connectivity index (χ4n) is 3.36. The summed E-state index contributed by atoms with van der Waals surface area (Å²) in [6.07, 6.45) is 1.99. The summed E-state index contributed by atoms with van der Waals surface area (Å²) in [5.74, 6) is 1.48. The second-order valence-electron chi connectivity index (χ2n) is 6.78. The minimum absolute atomic E-state index is 0.0286. The molecule has 1 saturated heterocycles.